The molecular formula is C21H23N3O3S. The molecule has 6 nitrogen and oxygen atoms in total. The Morgan fingerprint density at radius 1 is 1.25 bits per heavy atom. The molecule has 0 aromatic heterocycles. The molecule has 2 aromatic carbocycles. The summed E-state index contributed by atoms with van der Waals surface area (Å²) in [5, 5.41) is 3.91. The Kier molecular flexibility index (Phi) is 4.42. The smallest absolute Gasteiger partial charge is 0.233 e. The highest BCUT2D eigenvalue weighted by Crippen LogP contribution is 2.50. The van der Waals surface area contributed by atoms with Crippen LogP contribution in [0.15, 0.2) is 48.5 Å². The van der Waals surface area contributed by atoms with Gasteiger partial charge >= 0.3 is 0 Å². The molecule has 0 radical (unpaired) electrons. The van der Waals surface area contributed by atoms with E-state index in [0.717, 1.165) is 11.3 Å². The van der Waals surface area contributed by atoms with Crippen LogP contribution in [-0.4, -0.2) is 42.8 Å². The van der Waals surface area contributed by atoms with Crippen molar-refractivity contribution in [2.24, 2.45) is 5.92 Å². The molecule has 2 aliphatic rings. The molecule has 1 amide bonds. The van der Waals surface area contributed by atoms with Gasteiger partial charge in [-0.2, -0.15) is 0 Å². The van der Waals surface area contributed by atoms with Gasteiger partial charge in [0.1, 0.15) is 17.4 Å². The number of hydrogen-bond donors (Lipinski definition) is 1. The van der Waals surface area contributed by atoms with E-state index in [-0.39, 0.29) is 11.9 Å². The Morgan fingerprint density at radius 3 is 2.61 bits per heavy atom. The van der Waals surface area contributed by atoms with Crippen LogP contribution in [0.25, 0.3) is 0 Å². The van der Waals surface area contributed by atoms with Crippen LogP contribution in [0.5, 0.6) is 11.5 Å². The van der Waals surface area contributed by atoms with Crippen molar-refractivity contribution >= 4 is 28.9 Å². The summed E-state index contributed by atoms with van der Waals surface area (Å²) in [6.45, 7) is 1.93. The summed E-state index contributed by atoms with van der Waals surface area (Å²) < 4.78 is 11.9. The summed E-state index contributed by atoms with van der Waals surface area (Å²) in [7, 11) is 5.13. The highest BCUT2D eigenvalue weighted by atomic mass is 32.1. The van der Waals surface area contributed by atoms with Gasteiger partial charge in [0.25, 0.3) is 0 Å². The molecule has 28 heavy (non-hydrogen) atoms. The van der Waals surface area contributed by atoms with Crippen LogP contribution in [0, 0.1) is 5.92 Å². The lowest BCUT2D eigenvalue weighted by molar-refractivity contribution is -0.144. The fourth-order valence-corrected chi connectivity index (χ4v) is 4.52. The molecule has 0 saturated carbocycles. The van der Waals surface area contributed by atoms with Crippen molar-refractivity contribution in [3.63, 3.8) is 0 Å². The van der Waals surface area contributed by atoms with Gasteiger partial charge in [-0.25, -0.2) is 0 Å². The van der Waals surface area contributed by atoms with E-state index in [2.05, 4.69) is 5.32 Å². The van der Waals surface area contributed by atoms with Crippen LogP contribution in [0.2, 0.25) is 0 Å². The molecule has 3 atom stereocenters. The van der Waals surface area contributed by atoms with Gasteiger partial charge in [-0.3, -0.25) is 9.69 Å². The highest BCUT2D eigenvalue weighted by molar-refractivity contribution is 7.80. The number of thiocarbonyl (C=S) groups is 1. The quantitative estimate of drug-likeness (QED) is 0.804. The zero-order valence-corrected chi connectivity index (χ0v) is 17.1. The lowest BCUT2D eigenvalue weighted by atomic mass is 9.78. The summed E-state index contributed by atoms with van der Waals surface area (Å²) in [6, 6.07) is 15.1. The molecule has 2 aromatic rings. The van der Waals surface area contributed by atoms with Crippen molar-refractivity contribution in [1.29, 1.82) is 0 Å². The molecule has 146 valence electrons. The first-order chi connectivity index (χ1) is 13.4. The second-order valence-corrected chi connectivity index (χ2v) is 7.76. The van der Waals surface area contributed by atoms with Gasteiger partial charge in [0.15, 0.2) is 10.8 Å². The molecule has 1 saturated heterocycles. The van der Waals surface area contributed by atoms with Crippen molar-refractivity contribution in [3.05, 3.63) is 54.1 Å². The summed E-state index contributed by atoms with van der Waals surface area (Å²) in [5.74, 6) is 0.887. The molecule has 2 aliphatic heterocycles. The minimum Gasteiger partial charge on any atom is -0.497 e. The SMILES string of the molecule is COc1ccc2c(c1)[C@H]1NC(=S)N(c3ccccc3)[C@](C)(O2)[C@@H]1C(=O)N(C)C. The predicted octanol–water partition coefficient (Wildman–Crippen LogP) is 2.94. The average Bonchev–Trinajstić information content (AvgIpc) is 2.67. The predicted molar refractivity (Wildman–Crippen MR) is 112 cm³/mol. The second kappa shape index (κ2) is 6.67. The third kappa shape index (κ3) is 2.69. The number of hydrogen-bond acceptors (Lipinski definition) is 4. The Labute approximate surface area is 170 Å². The van der Waals surface area contributed by atoms with Crippen LogP contribution in [0.1, 0.15) is 18.5 Å². The lowest BCUT2D eigenvalue weighted by Crippen LogP contribution is -2.72. The molecule has 4 rings (SSSR count). The van der Waals surface area contributed by atoms with Gasteiger partial charge in [-0.15, -0.1) is 0 Å². The second-order valence-electron chi connectivity index (χ2n) is 7.37. The van der Waals surface area contributed by atoms with Crippen molar-refractivity contribution in [2.75, 3.05) is 26.1 Å². The molecule has 2 heterocycles. The van der Waals surface area contributed by atoms with Gasteiger partial charge in [0, 0.05) is 25.3 Å². The van der Waals surface area contributed by atoms with Gasteiger partial charge in [0.05, 0.1) is 13.2 Å². The fourth-order valence-electron chi connectivity index (χ4n) is 4.11. The number of ether oxygens (including phenoxy) is 2. The van der Waals surface area contributed by atoms with E-state index < -0.39 is 11.6 Å². The molecular weight excluding hydrogens is 374 g/mol. The standard InChI is InChI=1S/C21H23N3O3S/c1-21-17(19(25)23(2)3)18(15-12-14(26-4)10-11-16(15)27-21)22-20(28)24(21)13-8-6-5-7-9-13/h5-12,17-18H,1-4H3,(H,22,28)/t17-,18+,21+/m0/s1. The number of fused-ring (bicyclic) bond motifs is 4. The van der Waals surface area contributed by atoms with E-state index in [0.29, 0.717) is 16.6 Å². The monoisotopic (exact) mass is 397 g/mol. The molecule has 1 fully saturated rings. The van der Waals surface area contributed by atoms with E-state index in [1.165, 1.54) is 0 Å². The van der Waals surface area contributed by atoms with Gasteiger partial charge < -0.3 is 19.7 Å². The summed E-state index contributed by atoms with van der Waals surface area (Å²) in [6.07, 6.45) is 0. The molecule has 1 N–H and O–H groups in total. The highest BCUT2D eigenvalue weighted by Gasteiger charge is 2.59. The van der Waals surface area contributed by atoms with Crippen molar-refractivity contribution < 1.29 is 14.3 Å². The number of nitrogens with one attached hydrogen (secondary N) is 1. The van der Waals surface area contributed by atoms with Crippen molar-refractivity contribution in [1.82, 2.24) is 10.2 Å². The van der Waals surface area contributed by atoms with Crippen molar-refractivity contribution in [2.45, 2.75) is 18.7 Å². The molecule has 0 aliphatic carbocycles. The summed E-state index contributed by atoms with van der Waals surface area (Å²) in [5.41, 5.74) is 0.763. The first-order valence-electron chi connectivity index (χ1n) is 9.10. The van der Waals surface area contributed by atoms with E-state index >= 15 is 0 Å². The van der Waals surface area contributed by atoms with E-state index in [9.17, 15) is 4.79 Å². The number of methoxy groups -OCH3 is 1. The zero-order valence-electron chi connectivity index (χ0n) is 16.3. The van der Waals surface area contributed by atoms with E-state index in [1.807, 2.05) is 60.4 Å². The Hall–Kier alpha value is -2.80. The van der Waals surface area contributed by atoms with Gasteiger partial charge in [-0.1, -0.05) is 18.2 Å². The molecule has 7 heteroatoms. The maximum absolute atomic E-state index is 13.3. The molecule has 0 spiro atoms. The van der Waals surface area contributed by atoms with Crippen LogP contribution in [-0.2, 0) is 4.79 Å². The van der Waals surface area contributed by atoms with Crippen LogP contribution < -0.4 is 19.7 Å². The summed E-state index contributed by atoms with van der Waals surface area (Å²) >= 11 is 5.71. The molecule has 0 unspecified atom stereocenters. The minimum atomic E-state index is -0.975. The number of nitrogens with zero attached hydrogens (tertiary/aromatic N) is 2. The normalized spacial score (nSPS) is 25.3. The number of amides is 1. The Balaban J connectivity index is 1.91. The van der Waals surface area contributed by atoms with Crippen LogP contribution in [0.4, 0.5) is 5.69 Å². The number of rotatable bonds is 3. The average molecular weight is 398 g/mol. The number of anilines is 1. The number of benzene rings is 2. The Bertz CT molecular complexity index is 934. The van der Waals surface area contributed by atoms with Gasteiger partial charge in [-0.05, 0) is 49.5 Å². The number of carbonyl (C=O) groups is 1. The maximum atomic E-state index is 13.3. The lowest BCUT2D eigenvalue weighted by Gasteiger charge is -2.56. The Morgan fingerprint density at radius 2 is 1.96 bits per heavy atom. The zero-order chi connectivity index (χ0) is 20.1. The largest absolute Gasteiger partial charge is 0.497 e. The third-order valence-electron chi connectivity index (χ3n) is 5.43. The maximum Gasteiger partial charge on any atom is 0.233 e. The molecule has 2 bridgehead atoms. The fraction of sp³-hybridized carbons (Fsp3) is 0.333. The van der Waals surface area contributed by atoms with Gasteiger partial charge in [0.2, 0.25) is 5.91 Å². The van der Waals surface area contributed by atoms with Crippen LogP contribution in [0.3, 0.4) is 0 Å². The van der Waals surface area contributed by atoms with Crippen LogP contribution >= 0.6 is 12.2 Å². The van der Waals surface area contributed by atoms with E-state index in [4.69, 9.17) is 21.7 Å². The number of para-hydroxylation sites is 1. The third-order valence-corrected chi connectivity index (χ3v) is 5.73. The topological polar surface area (TPSA) is 54.0 Å². The minimum absolute atomic E-state index is 0.0306. The van der Waals surface area contributed by atoms with Crippen molar-refractivity contribution in [3.8, 4) is 11.5 Å². The number of carbonyl (C=O) groups excluding carboxylic acids is 1. The first-order valence-corrected chi connectivity index (χ1v) is 9.51. The first kappa shape index (κ1) is 18.6. The van der Waals surface area contributed by atoms with E-state index in [1.54, 1.807) is 26.1 Å². The summed E-state index contributed by atoms with van der Waals surface area (Å²) in [4.78, 5) is 16.8.